The number of hydrogen-bond acceptors (Lipinski definition) is 5. The van der Waals surface area contributed by atoms with Crippen LogP contribution in [0.4, 0.5) is 11.4 Å². The number of rotatable bonds is 5. The fourth-order valence-corrected chi connectivity index (χ4v) is 3.38. The van der Waals surface area contributed by atoms with Crippen molar-refractivity contribution in [2.45, 2.75) is 0 Å². The number of morpholine rings is 1. The molecule has 2 N–H and O–H groups in total. The van der Waals surface area contributed by atoms with Crippen LogP contribution in [0, 0.1) is 0 Å². The number of ether oxygens (including phenoxy) is 2. The summed E-state index contributed by atoms with van der Waals surface area (Å²) in [7, 11) is 1.56. The van der Waals surface area contributed by atoms with Gasteiger partial charge in [-0.2, -0.15) is 0 Å². The van der Waals surface area contributed by atoms with Gasteiger partial charge in [0.25, 0.3) is 11.7 Å². The summed E-state index contributed by atoms with van der Waals surface area (Å²) in [5, 5.41) is 3.43. The number of para-hydroxylation sites is 2. The van der Waals surface area contributed by atoms with Crippen LogP contribution in [0.1, 0.15) is 10.4 Å². The fourth-order valence-electron chi connectivity index (χ4n) is 3.38. The van der Waals surface area contributed by atoms with Gasteiger partial charge in [0.15, 0.2) is 0 Å². The predicted molar refractivity (Wildman–Crippen MR) is 107 cm³/mol. The lowest BCUT2D eigenvalue weighted by Gasteiger charge is -2.30. The van der Waals surface area contributed by atoms with Gasteiger partial charge in [-0.3, -0.25) is 9.59 Å². The highest BCUT2D eigenvalue weighted by atomic mass is 16.5. The summed E-state index contributed by atoms with van der Waals surface area (Å²) in [6.07, 6.45) is 1.56. The Morgan fingerprint density at radius 3 is 2.71 bits per heavy atom. The number of hydrogen-bond donors (Lipinski definition) is 2. The lowest BCUT2D eigenvalue weighted by atomic mass is 10.1. The number of nitrogens with one attached hydrogen (secondary N) is 2. The molecule has 0 radical (unpaired) electrons. The van der Waals surface area contributed by atoms with Gasteiger partial charge in [-0.15, -0.1) is 0 Å². The number of anilines is 2. The van der Waals surface area contributed by atoms with E-state index in [2.05, 4.69) is 15.2 Å². The maximum atomic E-state index is 12.8. The average Bonchev–Trinajstić information content (AvgIpc) is 3.17. The Labute approximate surface area is 162 Å². The van der Waals surface area contributed by atoms with Crippen molar-refractivity contribution >= 4 is 34.0 Å². The summed E-state index contributed by atoms with van der Waals surface area (Å²) >= 11 is 0. The number of carbonyl (C=O) groups excluding carboxylic acids is 2. The van der Waals surface area contributed by atoms with Crippen LogP contribution in [-0.4, -0.2) is 50.1 Å². The molecule has 7 nitrogen and oxygen atoms in total. The summed E-state index contributed by atoms with van der Waals surface area (Å²) in [6, 6.07) is 12.8. The first kappa shape index (κ1) is 18.1. The highest BCUT2D eigenvalue weighted by Gasteiger charge is 2.22. The van der Waals surface area contributed by atoms with E-state index in [4.69, 9.17) is 9.47 Å². The van der Waals surface area contributed by atoms with E-state index in [1.165, 1.54) is 0 Å². The van der Waals surface area contributed by atoms with E-state index >= 15 is 0 Å². The van der Waals surface area contributed by atoms with E-state index < -0.39 is 11.7 Å². The fraction of sp³-hybridized carbons (Fsp3) is 0.238. The molecule has 7 heteroatoms. The Morgan fingerprint density at radius 1 is 1.14 bits per heavy atom. The van der Waals surface area contributed by atoms with Crippen molar-refractivity contribution in [2.24, 2.45) is 0 Å². The molecule has 3 aromatic rings. The van der Waals surface area contributed by atoms with Gasteiger partial charge >= 0.3 is 0 Å². The normalized spacial score (nSPS) is 14.1. The van der Waals surface area contributed by atoms with Gasteiger partial charge in [-0.25, -0.2) is 0 Å². The van der Waals surface area contributed by atoms with Crippen LogP contribution in [0.2, 0.25) is 0 Å². The quantitative estimate of drug-likeness (QED) is 0.526. The maximum absolute atomic E-state index is 12.8. The first-order chi connectivity index (χ1) is 13.7. The molecule has 2 heterocycles. The number of H-pyrrole nitrogens is 1. The van der Waals surface area contributed by atoms with E-state index in [-0.39, 0.29) is 0 Å². The lowest BCUT2D eigenvalue weighted by Crippen LogP contribution is -2.37. The van der Waals surface area contributed by atoms with E-state index in [1.54, 1.807) is 31.5 Å². The first-order valence-corrected chi connectivity index (χ1v) is 9.10. The molecule has 1 saturated heterocycles. The average molecular weight is 379 g/mol. The van der Waals surface area contributed by atoms with Gasteiger partial charge in [0, 0.05) is 30.2 Å². The molecular weight excluding hydrogens is 358 g/mol. The van der Waals surface area contributed by atoms with Crippen LogP contribution in [0.15, 0.2) is 48.7 Å². The van der Waals surface area contributed by atoms with Crippen LogP contribution in [0.5, 0.6) is 5.75 Å². The number of carbonyl (C=O) groups is 2. The molecule has 1 fully saturated rings. The second kappa shape index (κ2) is 7.74. The molecule has 0 atom stereocenters. The van der Waals surface area contributed by atoms with E-state index in [0.29, 0.717) is 35.6 Å². The highest BCUT2D eigenvalue weighted by molar-refractivity contribution is 6.48. The van der Waals surface area contributed by atoms with E-state index in [9.17, 15) is 9.59 Å². The molecule has 2 aromatic carbocycles. The van der Waals surface area contributed by atoms with Crippen LogP contribution < -0.4 is 15.0 Å². The van der Waals surface area contributed by atoms with Crippen LogP contribution in [-0.2, 0) is 9.53 Å². The monoisotopic (exact) mass is 379 g/mol. The zero-order chi connectivity index (χ0) is 19.5. The number of benzene rings is 2. The van der Waals surface area contributed by atoms with Crippen molar-refractivity contribution in [1.29, 1.82) is 0 Å². The molecule has 1 aromatic heterocycles. The van der Waals surface area contributed by atoms with Gasteiger partial charge in [0.2, 0.25) is 0 Å². The molecule has 1 aliphatic heterocycles. The molecule has 4 rings (SSSR count). The third-order valence-electron chi connectivity index (χ3n) is 4.84. The van der Waals surface area contributed by atoms with Gasteiger partial charge in [-0.1, -0.05) is 12.1 Å². The number of aromatic nitrogens is 1. The Kier molecular flexibility index (Phi) is 4.99. The van der Waals surface area contributed by atoms with Crippen LogP contribution in [0.25, 0.3) is 10.9 Å². The predicted octanol–water partition coefficient (Wildman–Crippen LogP) is 2.83. The second-order valence-electron chi connectivity index (χ2n) is 6.51. The topological polar surface area (TPSA) is 83.7 Å². The smallest absolute Gasteiger partial charge is 0.296 e. The van der Waals surface area contributed by atoms with E-state index in [0.717, 1.165) is 24.3 Å². The van der Waals surface area contributed by atoms with Gasteiger partial charge in [0.1, 0.15) is 5.75 Å². The lowest BCUT2D eigenvalue weighted by molar-refractivity contribution is -0.112. The van der Waals surface area contributed by atoms with E-state index in [1.807, 2.05) is 24.3 Å². The largest absolute Gasteiger partial charge is 0.497 e. The zero-order valence-corrected chi connectivity index (χ0v) is 15.5. The van der Waals surface area contributed by atoms with Gasteiger partial charge in [0.05, 0.1) is 37.3 Å². The number of methoxy groups -OCH3 is 1. The number of ketones is 1. The Bertz CT molecular complexity index is 1020. The molecule has 144 valence electrons. The molecule has 1 aliphatic rings. The van der Waals surface area contributed by atoms with Crippen molar-refractivity contribution in [3.8, 4) is 5.75 Å². The number of nitrogens with zero attached hydrogens (tertiary/aromatic N) is 1. The minimum atomic E-state index is -0.676. The summed E-state index contributed by atoms with van der Waals surface area (Å²) in [4.78, 5) is 30.7. The number of fused-ring (bicyclic) bond motifs is 1. The third kappa shape index (κ3) is 3.44. The number of amides is 1. The first-order valence-electron chi connectivity index (χ1n) is 9.10. The molecule has 28 heavy (non-hydrogen) atoms. The minimum absolute atomic E-state index is 0.315. The van der Waals surface area contributed by atoms with Crippen molar-refractivity contribution in [3.05, 3.63) is 54.2 Å². The van der Waals surface area contributed by atoms with Crippen molar-refractivity contribution in [1.82, 2.24) is 4.98 Å². The molecule has 0 saturated carbocycles. The SMILES string of the molecule is COc1ccc2[nH]cc(C(=O)C(=O)Nc3ccccc3N3CCOCC3)c2c1. The second-order valence-corrected chi connectivity index (χ2v) is 6.51. The Balaban J connectivity index is 1.58. The molecular formula is C21H21N3O4. The maximum Gasteiger partial charge on any atom is 0.296 e. The van der Waals surface area contributed by atoms with Crippen LogP contribution >= 0.6 is 0 Å². The summed E-state index contributed by atoms with van der Waals surface area (Å²) in [6.45, 7) is 2.75. The molecule has 1 amide bonds. The summed E-state index contributed by atoms with van der Waals surface area (Å²) in [5.74, 6) is -0.653. The van der Waals surface area contributed by atoms with Gasteiger partial charge in [-0.05, 0) is 30.3 Å². The van der Waals surface area contributed by atoms with Crippen LogP contribution in [0.3, 0.4) is 0 Å². The molecule has 0 aliphatic carbocycles. The molecule has 0 bridgehead atoms. The summed E-state index contributed by atoms with van der Waals surface area (Å²) in [5.41, 5.74) is 2.58. The van der Waals surface area contributed by atoms with Crippen molar-refractivity contribution in [2.75, 3.05) is 43.6 Å². The standard InChI is InChI=1S/C21H21N3O4/c1-27-14-6-7-17-15(12-14)16(13-22-17)20(25)21(26)23-18-4-2-3-5-19(18)24-8-10-28-11-9-24/h2-7,12-13,22H,8-11H2,1H3,(H,23,26). The third-order valence-corrected chi connectivity index (χ3v) is 4.84. The zero-order valence-electron chi connectivity index (χ0n) is 15.5. The Morgan fingerprint density at radius 2 is 1.93 bits per heavy atom. The number of Topliss-reactive ketones (excluding diaryl/α,β-unsaturated/α-hetero) is 1. The highest BCUT2D eigenvalue weighted by Crippen LogP contribution is 2.28. The number of aromatic amines is 1. The molecule has 0 spiro atoms. The van der Waals surface area contributed by atoms with Crippen molar-refractivity contribution < 1.29 is 19.1 Å². The Hall–Kier alpha value is -3.32. The molecule has 0 unspecified atom stereocenters. The minimum Gasteiger partial charge on any atom is -0.497 e. The summed E-state index contributed by atoms with van der Waals surface area (Å²) < 4.78 is 10.6. The van der Waals surface area contributed by atoms with Crippen molar-refractivity contribution in [3.63, 3.8) is 0 Å². The van der Waals surface area contributed by atoms with Gasteiger partial charge < -0.3 is 24.7 Å².